The Morgan fingerprint density at radius 1 is 1.41 bits per heavy atom. The largest absolute Gasteiger partial charge is 0.495 e. The van der Waals surface area contributed by atoms with Crippen molar-refractivity contribution in [3.05, 3.63) is 29.8 Å². The molecule has 1 amide bonds. The highest BCUT2D eigenvalue weighted by atomic mass is 16.5. The van der Waals surface area contributed by atoms with E-state index in [1.165, 1.54) is 0 Å². The molecule has 0 spiro atoms. The number of likely N-dealkylation sites (tertiary alicyclic amines) is 1. The number of nitrogens with zero attached hydrogens (tertiary/aromatic N) is 2. The van der Waals surface area contributed by atoms with Crippen molar-refractivity contribution in [3.63, 3.8) is 0 Å². The van der Waals surface area contributed by atoms with E-state index in [2.05, 4.69) is 11.9 Å². The van der Waals surface area contributed by atoms with Gasteiger partial charge in [0.15, 0.2) is 0 Å². The third-order valence-corrected chi connectivity index (χ3v) is 4.26. The summed E-state index contributed by atoms with van der Waals surface area (Å²) in [5, 5.41) is 0. The Morgan fingerprint density at radius 3 is 2.68 bits per heavy atom. The lowest BCUT2D eigenvalue weighted by Crippen LogP contribution is -2.43. The summed E-state index contributed by atoms with van der Waals surface area (Å²) >= 11 is 0. The number of carbonyl (C=O) groups is 1. The summed E-state index contributed by atoms with van der Waals surface area (Å²) in [5.74, 6) is 0.677. The first-order valence-electron chi connectivity index (χ1n) is 7.58. The second-order valence-electron chi connectivity index (χ2n) is 5.82. The molecule has 22 heavy (non-hydrogen) atoms. The van der Waals surface area contributed by atoms with Gasteiger partial charge in [0.1, 0.15) is 5.75 Å². The molecule has 5 nitrogen and oxygen atoms in total. The Morgan fingerprint density at radius 2 is 2.09 bits per heavy atom. The van der Waals surface area contributed by atoms with E-state index in [0.29, 0.717) is 17.5 Å². The zero-order valence-corrected chi connectivity index (χ0v) is 13.6. The second kappa shape index (κ2) is 7.31. The number of nitrogen functional groups attached to an aromatic ring is 1. The van der Waals surface area contributed by atoms with Crippen LogP contribution in [0.4, 0.5) is 5.69 Å². The molecule has 0 radical (unpaired) electrons. The summed E-state index contributed by atoms with van der Waals surface area (Å²) in [6.45, 7) is 2.09. The lowest BCUT2D eigenvalue weighted by atomic mass is 10.0. The maximum Gasteiger partial charge on any atom is 0.246 e. The number of nitrogens with two attached hydrogens (primary N) is 1. The standard InChI is InChI=1S/C17H25N3O2/c1-19-10-8-14(9-11-19)20(2)17(21)7-5-13-4-6-16(22-3)15(18)12-13/h4-7,12,14H,8-11,18H2,1-3H3/b7-5-. The maximum absolute atomic E-state index is 12.3. The number of likely N-dealkylation sites (N-methyl/N-ethyl adjacent to an activating group) is 1. The molecule has 0 unspecified atom stereocenters. The molecule has 0 aliphatic carbocycles. The van der Waals surface area contributed by atoms with Crippen LogP contribution in [-0.4, -0.2) is 56.0 Å². The first-order chi connectivity index (χ1) is 10.5. The molecule has 1 aromatic carbocycles. The van der Waals surface area contributed by atoms with Gasteiger partial charge in [-0.2, -0.15) is 0 Å². The predicted octanol–water partition coefficient (Wildman–Crippen LogP) is 1.84. The molecule has 0 atom stereocenters. The summed E-state index contributed by atoms with van der Waals surface area (Å²) in [6.07, 6.45) is 5.47. The molecule has 0 bridgehead atoms. The molecule has 1 aliphatic rings. The number of rotatable bonds is 4. The van der Waals surface area contributed by atoms with Crippen molar-refractivity contribution >= 4 is 17.7 Å². The first kappa shape index (κ1) is 16.4. The molecule has 1 fully saturated rings. The fourth-order valence-electron chi connectivity index (χ4n) is 2.70. The SMILES string of the molecule is COc1ccc(/C=C\C(=O)N(C)C2CCN(C)CC2)cc1N. The molecule has 2 N–H and O–H groups in total. The van der Waals surface area contributed by atoms with Crippen LogP contribution in [0.1, 0.15) is 18.4 Å². The molecule has 1 heterocycles. The van der Waals surface area contributed by atoms with Crippen LogP contribution < -0.4 is 10.5 Å². The maximum atomic E-state index is 12.3. The third kappa shape index (κ3) is 4.01. The van der Waals surface area contributed by atoms with E-state index < -0.39 is 0 Å². The van der Waals surface area contributed by atoms with Crippen LogP contribution in [0.5, 0.6) is 5.75 Å². The lowest BCUT2D eigenvalue weighted by Gasteiger charge is -2.34. The van der Waals surface area contributed by atoms with Crippen LogP contribution in [0.2, 0.25) is 0 Å². The van der Waals surface area contributed by atoms with Gasteiger partial charge in [-0.25, -0.2) is 0 Å². The van der Waals surface area contributed by atoms with Crippen molar-refractivity contribution in [1.82, 2.24) is 9.80 Å². The minimum atomic E-state index is 0.0314. The average molecular weight is 303 g/mol. The Hall–Kier alpha value is -2.01. The zero-order valence-electron chi connectivity index (χ0n) is 13.6. The van der Waals surface area contributed by atoms with Gasteiger partial charge in [0.05, 0.1) is 12.8 Å². The van der Waals surface area contributed by atoms with Gasteiger partial charge in [-0.05, 0) is 56.8 Å². The number of hydrogen-bond donors (Lipinski definition) is 1. The first-order valence-corrected chi connectivity index (χ1v) is 7.58. The van der Waals surface area contributed by atoms with Crippen LogP contribution in [0, 0.1) is 0 Å². The van der Waals surface area contributed by atoms with Crippen molar-refractivity contribution in [2.75, 3.05) is 40.0 Å². The molecule has 0 aromatic heterocycles. The highest BCUT2D eigenvalue weighted by Gasteiger charge is 2.22. The third-order valence-electron chi connectivity index (χ3n) is 4.26. The molecule has 1 saturated heterocycles. The number of methoxy groups -OCH3 is 1. The van der Waals surface area contributed by atoms with Crippen molar-refractivity contribution in [1.29, 1.82) is 0 Å². The molecule has 1 aromatic rings. The zero-order chi connectivity index (χ0) is 16.1. The fourth-order valence-corrected chi connectivity index (χ4v) is 2.70. The highest BCUT2D eigenvalue weighted by molar-refractivity contribution is 5.92. The number of hydrogen-bond acceptors (Lipinski definition) is 4. The van der Waals surface area contributed by atoms with Crippen LogP contribution in [0.15, 0.2) is 24.3 Å². The lowest BCUT2D eigenvalue weighted by molar-refractivity contribution is -0.127. The summed E-state index contributed by atoms with van der Waals surface area (Å²) < 4.78 is 5.12. The minimum Gasteiger partial charge on any atom is -0.495 e. The minimum absolute atomic E-state index is 0.0314. The van der Waals surface area contributed by atoms with E-state index in [1.807, 2.05) is 18.0 Å². The average Bonchev–Trinajstić information content (AvgIpc) is 2.52. The molecule has 1 aliphatic heterocycles. The van der Waals surface area contributed by atoms with Crippen molar-refractivity contribution in [2.24, 2.45) is 0 Å². The van der Waals surface area contributed by atoms with E-state index in [1.54, 1.807) is 31.4 Å². The van der Waals surface area contributed by atoms with Gasteiger partial charge < -0.3 is 20.3 Å². The molecule has 120 valence electrons. The Kier molecular flexibility index (Phi) is 5.44. The molecular weight excluding hydrogens is 278 g/mol. The van der Waals surface area contributed by atoms with Crippen LogP contribution in [0.3, 0.4) is 0 Å². The summed E-state index contributed by atoms with van der Waals surface area (Å²) in [6, 6.07) is 5.82. The van der Waals surface area contributed by atoms with Gasteiger partial charge >= 0.3 is 0 Å². The topological polar surface area (TPSA) is 58.8 Å². The summed E-state index contributed by atoms with van der Waals surface area (Å²) in [4.78, 5) is 16.4. The number of benzene rings is 1. The van der Waals surface area contributed by atoms with Gasteiger partial charge in [0, 0.05) is 19.2 Å². The smallest absolute Gasteiger partial charge is 0.246 e. The highest BCUT2D eigenvalue weighted by Crippen LogP contribution is 2.22. The molecule has 0 saturated carbocycles. The van der Waals surface area contributed by atoms with Gasteiger partial charge in [-0.15, -0.1) is 0 Å². The van der Waals surface area contributed by atoms with E-state index in [9.17, 15) is 4.79 Å². The molecular formula is C17H25N3O2. The van der Waals surface area contributed by atoms with E-state index >= 15 is 0 Å². The van der Waals surface area contributed by atoms with Crippen molar-refractivity contribution in [3.8, 4) is 5.75 Å². The number of anilines is 1. The van der Waals surface area contributed by atoms with Crippen LogP contribution in [-0.2, 0) is 4.79 Å². The van der Waals surface area contributed by atoms with E-state index in [0.717, 1.165) is 31.5 Å². The van der Waals surface area contributed by atoms with Gasteiger partial charge in [-0.3, -0.25) is 4.79 Å². The molecule has 5 heteroatoms. The van der Waals surface area contributed by atoms with Gasteiger partial charge in [0.25, 0.3) is 0 Å². The number of ether oxygens (including phenoxy) is 1. The number of carbonyl (C=O) groups excluding carboxylic acids is 1. The predicted molar refractivity (Wildman–Crippen MR) is 89.7 cm³/mol. The van der Waals surface area contributed by atoms with Crippen LogP contribution >= 0.6 is 0 Å². The van der Waals surface area contributed by atoms with Gasteiger partial charge in [-0.1, -0.05) is 6.07 Å². The van der Waals surface area contributed by atoms with Gasteiger partial charge in [0.2, 0.25) is 5.91 Å². The quantitative estimate of drug-likeness (QED) is 0.681. The Labute approximate surface area is 132 Å². The van der Waals surface area contributed by atoms with E-state index in [4.69, 9.17) is 10.5 Å². The van der Waals surface area contributed by atoms with Crippen molar-refractivity contribution < 1.29 is 9.53 Å². The summed E-state index contributed by atoms with van der Waals surface area (Å²) in [5.41, 5.74) is 7.33. The molecule has 2 rings (SSSR count). The van der Waals surface area contributed by atoms with Crippen molar-refractivity contribution in [2.45, 2.75) is 18.9 Å². The number of piperidine rings is 1. The Balaban J connectivity index is 1.97. The normalized spacial score (nSPS) is 16.9. The Bertz CT molecular complexity index is 549. The number of amides is 1. The van der Waals surface area contributed by atoms with Crippen LogP contribution in [0.25, 0.3) is 6.08 Å². The second-order valence-corrected chi connectivity index (χ2v) is 5.82. The summed E-state index contributed by atoms with van der Waals surface area (Å²) in [7, 11) is 5.58. The monoisotopic (exact) mass is 303 g/mol. The fraction of sp³-hybridized carbons (Fsp3) is 0.471. The van der Waals surface area contributed by atoms with E-state index in [-0.39, 0.29) is 5.91 Å².